The van der Waals surface area contributed by atoms with E-state index >= 15 is 0 Å². The molecule has 0 saturated heterocycles. The Morgan fingerprint density at radius 1 is 0.339 bits per heavy atom. The molecule has 0 aliphatic rings. The van der Waals surface area contributed by atoms with Crippen molar-refractivity contribution in [3.63, 3.8) is 0 Å². The van der Waals surface area contributed by atoms with Gasteiger partial charge in [-0.1, -0.05) is 158 Å². The van der Waals surface area contributed by atoms with Crippen LogP contribution in [0.1, 0.15) is 0 Å². The van der Waals surface area contributed by atoms with Crippen LogP contribution in [-0.4, -0.2) is 15.0 Å². The summed E-state index contributed by atoms with van der Waals surface area (Å²) in [5.74, 6) is 1.82. The molecule has 8 aromatic carbocycles. The highest BCUT2D eigenvalue weighted by molar-refractivity contribution is 7.25. The average Bonchev–Trinajstić information content (AvgIpc) is 3.85. The van der Waals surface area contributed by atoms with Crippen molar-refractivity contribution in [1.82, 2.24) is 15.0 Å². The third kappa shape index (κ3) is 5.48. The molecule has 11 aromatic rings. The molecule has 11 rings (SSSR count). The van der Waals surface area contributed by atoms with Gasteiger partial charge in [-0.15, -0.1) is 11.3 Å². The van der Waals surface area contributed by atoms with Crippen LogP contribution in [0.5, 0.6) is 0 Å². The SMILES string of the molecule is c1ccc(-c2cccc(-c3nc(-c4ccccc4)nc(-c4ccc5c(c4)oc4c(-c6ccccc6-c6cccc7sc8ccccc8c67)cccc45)n3)c2)cc1. The minimum atomic E-state index is 0.586. The van der Waals surface area contributed by atoms with E-state index in [0.29, 0.717) is 17.5 Å². The maximum Gasteiger partial charge on any atom is 0.164 e. The molecule has 56 heavy (non-hydrogen) atoms. The van der Waals surface area contributed by atoms with Crippen molar-refractivity contribution in [2.75, 3.05) is 0 Å². The highest BCUT2D eigenvalue weighted by Gasteiger charge is 2.19. The smallest absolute Gasteiger partial charge is 0.164 e. The minimum absolute atomic E-state index is 0.586. The largest absolute Gasteiger partial charge is 0.455 e. The Kier molecular flexibility index (Phi) is 7.64. The van der Waals surface area contributed by atoms with Crippen molar-refractivity contribution in [3.8, 4) is 67.5 Å². The lowest BCUT2D eigenvalue weighted by molar-refractivity contribution is 0.670. The lowest BCUT2D eigenvalue weighted by Gasteiger charge is -2.12. The summed E-state index contributed by atoms with van der Waals surface area (Å²) in [6.07, 6.45) is 0. The van der Waals surface area contributed by atoms with Crippen LogP contribution in [0.4, 0.5) is 0 Å². The number of nitrogens with zero attached hydrogens (tertiary/aromatic N) is 3. The van der Waals surface area contributed by atoms with Crippen LogP contribution >= 0.6 is 11.3 Å². The second-order valence-electron chi connectivity index (χ2n) is 13.9. The summed E-state index contributed by atoms with van der Waals surface area (Å²) >= 11 is 1.84. The third-order valence-electron chi connectivity index (χ3n) is 10.6. The van der Waals surface area contributed by atoms with E-state index < -0.39 is 0 Å². The average molecular weight is 734 g/mol. The summed E-state index contributed by atoms with van der Waals surface area (Å²) in [6.45, 7) is 0. The molecule has 0 bridgehead atoms. The number of benzene rings is 8. The number of hydrogen-bond acceptors (Lipinski definition) is 5. The van der Waals surface area contributed by atoms with Crippen molar-refractivity contribution >= 4 is 53.4 Å². The summed E-state index contributed by atoms with van der Waals surface area (Å²) in [4.78, 5) is 15.1. The van der Waals surface area contributed by atoms with Gasteiger partial charge in [0.1, 0.15) is 11.2 Å². The fourth-order valence-electron chi connectivity index (χ4n) is 7.92. The van der Waals surface area contributed by atoms with E-state index in [1.807, 2.05) is 47.7 Å². The second-order valence-corrected chi connectivity index (χ2v) is 15.0. The number of furan rings is 1. The van der Waals surface area contributed by atoms with Crippen molar-refractivity contribution in [2.45, 2.75) is 0 Å². The fraction of sp³-hybridized carbons (Fsp3) is 0. The Labute approximate surface area is 327 Å². The Hall–Kier alpha value is -7.21. The van der Waals surface area contributed by atoms with Gasteiger partial charge in [-0.05, 0) is 58.1 Å². The molecule has 0 aliphatic heterocycles. The van der Waals surface area contributed by atoms with Gasteiger partial charge < -0.3 is 4.42 Å². The normalized spacial score (nSPS) is 11.6. The highest BCUT2D eigenvalue weighted by Crippen LogP contribution is 2.45. The van der Waals surface area contributed by atoms with Gasteiger partial charge in [0, 0.05) is 53.2 Å². The maximum absolute atomic E-state index is 6.86. The molecule has 262 valence electrons. The summed E-state index contributed by atoms with van der Waals surface area (Å²) < 4.78 is 9.44. The number of hydrogen-bond donors (Lipinski definition) is 0. The molecule has 4 nitrogen and oxygen atoms in total. The van der Waals surface area contributed by atoms with E-state index in [1.54, 1.807) is 0 Å². The number of fused-ring (bicyclic) bond motifs is 6. The zero-order valence-electron chi connectivity index (χ0n) is 30.1. The highest BCUT2D eigenvalue weighted by atomic mass is 32.1. The van der Waals surface area contributed by atoms with E-state index in [4.69, 9.17) is 19.4 Å². The van der Waals surface area contributed by atoms with Crippen molar-refractivity contribution in [1.29, 1.82) is 0 Å². The zero-order chi connectivity index (χ0) is 37.0. The van der Waals surface area contributed by atoms with Crippen molar-refractivity contribution < 1.29 is 4.42 Å². The molecule has 0 atom stereocenters. The van der Waals surface area contributed by atoms with Crippen molar-refractivity contribution in [3.05, 3.63) is 188 Å². The minimum Gasteiger partial charge on any atom is -0.455 e. The Morgan fingerprint density at radius 3 is 1.68 bits per heavy atom. The molecule has 0 unspecified atom stereocenters. The van der Waals surface area contributed by atoms with E-state index in [-0.39, 0.29) is 0 Å². The Balaban J connectivity index is 1.05. The second kappa shape index (κ2) is 13.3. The van der Waals surface area contributed by atoms with Gasteiger partial charge in [0.05, 0.1) is 0 Å². The topological polar surface area (TPSA) is 51.8 Å². The van der Waals surface area contributed by atoms with Gasteiger partial charge >= 0.3 is 0 Å². The fourth-order valence-corrected chi connectivity index (χ4v) is 9.05. The van der Waals surface area contributed by atoms with Crippen LogP contribution in [0.2, 0.25) is 0 Å². The predicted molar refractivity (Wildman–Crippen MR) is 233 cm³/mol. The molecule has 0 spiro atoms. The van der Waals surface area contributed by atoms with E-state index in [2.05, 4.69) is 152 Å². The van der Waals surface area contributed by atoms with E-state index in [1.165, 1.54) is 31.3 Å². The molecule has 0 aliphatic carbocycles. The van der Waals surface area contributed by atoms with Gasteiger partial charge in [0.25, 0.3) is 0 Å². The van der Waals surface area contributed by atoms with Crippen LogP contribution in [0.25, 0.3) is 110 Å². The third-order valence-corrected chi connectivity index (χ3v) is 11.7. The van der Waals surface area contributed by atoms with Crippen LogP contribution in [0, 0.1) is 0 Å². The van der Waals surface area contributed by atoms with Gasteiger partial charge in [-0.25, -0.2) is 15.0 Å². The Bertz CT molecular complexity index is 3260. The standard InChI is InChI=1S/C51H31N3OS/c1-3-14-32(15-4-1)34-18-11-19-35(30-34)50-52-49(33-16-5-2-6-17-33)53-51(54-50)36-28-29-39-42-25-12-24-41(48(42)55-44(39)31-36)38-21-8-7-20-37(38)40-23-13-27-46-47(40)43-22-9-10-26-45(43)56-46/h1-31H. The first kappa shape index (κ1) is 32.2. The van der Waals surface area contributed by atoms with Crippen LogP contribution in [0.15, 0.2) is 192 Å². The first-order valence-corrected chi connectivity index (χ1v) is 19.5. The molecule has 0 radical (unpaired) electrons. The van der Waals surface area contributed by atoms with Crippen LogP contribution in [0.3, 0.4) is 0 Å². The first-order chi connectivity index (χ1) is 27.7. The monoisotopic (exact) mass is 733 g/mol. The van der Waals surface area contributed by atoms with Crippen LogP contribution in [-0.2, 0) is 0 Å². The summed E-state index contributed by atoms with van der Waals surface area (Å²) in [6, 6.07) is 65.6. The molecule has 0 N–H and O–H groups in total. The predicted octanol–water partition coefficient (Wildman–Crippen LogP) is 14.1. The number of aromatic nitrogens is 3. The van der Waals surface area contributed by atoms with Crippen LogP contribution < -0.4 is 0 Å². The Morgan fingerprint density at radius 2 is 0.875 bits per heavy atom. The molecule has 0 saturated carbocycles. The summed E-state index contributed by atoms with van der Waals surface area (Å²) in [7, 11) is 0. The molecule has 0 fully saturated rings. The maximum atomic E-state index is 6.86. The molecule has 3 heterocycles. The van der Waals surface area contributed by atoms with Gasteiger partial charge in [-0.2, -0.15) is 0 Å². The van der Waals surface area contributed by atoms with Gasteiger partial charge in [0.15, 0.2) is 17.5 Å². The van der Waals surface area contributed by atoms with E-state index in [0.717, 1.165) is 60.9 Å². The number of rotatable bonds is 6. The lowest BCUT2D eigenvalue weighted by atomic mass is 9.91. The number of thiophene rings is 1. The van der Waals surface area contributed by atoms with E-state index in [9.17, 15) is 0 Å². The molecule has 0 amide bonds. The zero-order valence-corrected chi connectivity index (χ0v) is 30.9. The van der Waals surface area contributed by atoms with Crippen molar-refractivity contribution in [2.24, 2.45) is 0 Å². The van der Waals surface area contributed by atoms with Gasteiger partial charge in [0.2, 0.25) is 0 Å². The summed E-state index contributed by atoms with van der Waals surface area (Å²) in [5.41, 5.74) is 11.2. The lowest BCUT2D eigenvalue weighted by Crippen LogP contribution is -2.00. The molecular weight excluding hydrogens is 703 g/mol. The molecule has 3 aromatic heterocycles. The first-order valence-electron chi connectivity index (χ1n) is 18.7. The molecule has 5 heteroatoms. The molecular formula is C51H31N3OS. The summed E-state index contributed by atoms with van der Waals surface area (Å²) in [5, 5.41) is 4.69. The quantitative estimate of drug-likeness (QED) is 0.171. The van der Waals surface area contributed by atoms with Gasteiger partial charge in [-0.3, -0.25) is 0 Å². The number of para-hydroxylation sites is 1.